The van der Waals surface area contributed by atoms with Gasteiger partial charge in [-0.15, -0.1) is 12.4 Å². The molecule has 0 radical (unpaired) electrons. The molecule has 1 saturated heterocycles. The van der Waals surface area contributed by atoms with Crippen LogP contribution in [0.15, 0.2) is 24.3 Å². The fourth-order valence-corrected chi connectivity index (χ4v) is 3.75. The van der Waals surface area contributed by atoms with E-state index < -0.39 is 5.54 Å². The Balaban J connectivity index is 0.00000225. The minimum Gasteiger partial charge on any atom is -0.362 e. The van der Waals surface area contributed by atoms with Crippen LogP contribution in [0, 0.1) is 10.1 Å². The maximum absolute atomic E-state index is 12.8. The van der Waals surface area contributed by atoms with Gasteiger partial charge in [-0.05, 0) is 18.9 Å². The summed E-state index contributed by atoms with van der Waals surface area (Å²) in [6.45, 7) is 2.30. The number of piperazine rings is 1. The number of hydrogen-bond donors (Lipinski definition) is 1. The minimum atomic E-state index is -0.709. The first-order valence-corrected chi connectivity index (χ1v) is 8.58. The van der Waals surface area contributed by atoms with E-state index in [1.807, 2.05) is 9.80 Å². The van der Waals surface area contributed by atoms with E-state index in [0.29, 0.717) is 31.9 Å². The van der Waals surface area contributed by atoms with Gasteiger partial charge in [0.15, 0.2) is 0 Å². The smallest absolute Gasteiger partial charge is 0.292 e. The van der Waals surface area contributed by atoms with Crippen LogP contribution in [0.4, 0.5) is 11.4 Å². The van der Waals surface area contributed by atoms with Crippen LogP contribution in [0.2, 0.25) is 0 Å². The van der Waals surface area contributed by atoms with Crippen molar-refractivity contribution in [2.24, 2.45) is 5.73 Å². The molecule has 1 saturated carbocycles. The lowest BCUT2D eigenvalue weighted by atomic mass is 9.81. The highest BCUT2D eigenvalue weighted by molar-refractivity contribution is 5.86. The number of para-hydroxylation sites is 2. The first-order chi connectivity index (χ1) is 11.5. The molecule has 0 spiro atoms. The van der Waals surface area contributed by atoms with Gasteiger partial charge in [0.2, 0.25) is 5.91 Å². The van der Waals surface area contributed by atoms with Gasteiger partial charge < -0.3 is 15.5 Å². The van der Waals surface area contributed by atoms with Crippen LogP contribution in [0.1, 0.15) is 32.1 Å². The number of carbonyl (C=O) groups excluding carboxylic acids is 1. The molecule has 0 atom stereocenters. The number of nitrogens with two attached hydrogens (primary N) is 1. The molecule has 1 aromatic carbocycles. The zero-order valence-electron chi connectivity index (χ0n) is 14.2. The molecule has 138 valence electrons. The number of rotatable bonds is 3. The normalized spacial score (nSPS) is 19.9. The summed E-state index contributed by atoms with van der Waals surface area (Å²) in [7, 11) is 0. The predicted molar refractivity (Wildman–Crippen MR) is 99.1 cm³/mol. The minimum absolute atomic E-state index is 0. The molecule has 0 aromatic heterocycles. The van der Waals surface area contributed by atoms with Crippen molar-refractivity contribution in [1.29, 1.82) is 0 Å². The molecule has 3 rings (SSSR count). The Morgan fingerprint density at radius 3 is 2.28 bits per heavy atom. The molecule has 1 aromatic rings. The van der Waals surface area contributed by atoms with E-state index in [-0.39, 0.29) is 28.9 Å². The van der Waals surface area contributed by atoms with Crippen molar-refractivity contribution < 1.29 is 9.72 Å². The first-order valence-electron chi connectivity index (χ1n) is 8.58. The van der Waals surface area contributed by atoms with Crippen molar-refractivity contribution in [1.82, 2.24) is 4.90 Å². The highest BCUT2D eigenvalue weighted by Crippen LogP contribution is 2.30. The fraction of sp³-hybridized carbons (Fsp3) is 0.588. The average molecular weight is 369 g/mol. The monoisotopic (exact) mass is 368 g/mol. The van der Waals surface area contributed by atoms with Crippen molar-refractivity contribution in [3.8, 4) is 0 Å². The van der Waals surface area contributed by atoms with Gasteiger partial charge in [0.05, 0.1) is 10.5 Å². The largest absolute Gasteiger partial charge is 0.362 e. The van der Waals surface area contributed by atoms with E-state index >= 15 is 0 Å². The SMILES string of the molecule is Cl.NC1(C(=O)N2CCN(c3ccccc3[N+](=O)[O-])CC2)CCCCC1. The van der Waals surface area contributed by atoms with Crippen molar-refractivity contribution in [3.05, 3.63) is 34.4 Å². The number of carbonyl (C=O) groups is 1. The molecule has 8 heteroatoms. The van der Waals surface area contributed by atoms with Gasteiger partial charge in [-0.2, -0.15) is 0 Å². The zero-order valence-corrected chi connectivity index (χ0v) is 15.0. The molecule has 25 heavy (non-hydrogen) atoms. The van der Waals surface area contributed by atoms with Crippen LogP contribution in [0.3, 0.4) is 0 Å². The second kappa shape index (κ2) is 8.01. The molecule has 1 heterocycles. The Morgan fingerprint density at radius 2 is 1.68 bits per heavy atom. The van der Waals surface area contributed by atoms with E-state index in [1.165, 1.54) is 6.07 Å². The van der Waals surface area contributed by atoms with Crippen LogP contribution >= 0.6 is 12.4 Å². The first kappa shape index (κ1) is 19.5. The second-order valence-corrected chi connectivity index (χ2v) is 6.74. The maximum Gasteiger partial charge on any atom is 0.292 e. The number of benzene rings is 1. The number of nitro groups is 1. The van der Waals surface area contributed by atoms with Gasteiger partial charge in [-0.3, -0.25) is 14.9 Å². The third kappa shape index (κ3) is 4.04. The molecule has 2 aliphatic rings. The van der Waals surface area contributed by atoms with Crippen molar-refractivity contribution in [3.63, 3.8) is 0 Å². The van der Waals surface area contributed by atoms with E-state index in [9.17, 15) is 14.9 Å². The summed E-state index contributed by atoms with van der Waals surface area (Å²) in [4.78, 5) is 27.4. The van der Waals surface area contributed by atoms with Gasteiger partial charge >= 0.3 is 0 Å². The number of amides is 1. The number of halogens is 1. The zero-order chi connectivity index (χ0) is 17.2. The Hall–Kier alpha value is -1.86. The maximum atomic E-state index is 12.8. The Kier molecular flexibility index (Phi) is 6.24. The summed E-state index contributed by atoms with van der Waals surface area (Å²) >= 11 is 0. The summed E-state index contributed by atoms with van der Waals surface area (Å²) in [5.41, 5.74) is 6.37. The van der Waals surface area contributed by atoms with Crippen molar-refractivity contribution in [2.75, 3.05) is 31.1 Å². The number of nitrogens with zero attached hydrogens (tertiary/aromatic N) is 3. The summed E-state index contributed by atoms with van der Waals surface area (Å²) in [6, 6.07) is 6.75. The Morgan fingerprint density at radius 1 is 1.08 bits per heavy atom. The highest BCUT2D eigenvalue weighted by Gasteiger charge is 2.39. The molecule has 0 unspecified atom stereocenters. The lowest BCUT2D eigenvalue weighted by molar-refractivity contribution is -0.384. The van der Waals surface area contributed by atoms with Crippen LogP contribution in [-0.2, 0) is 4.79 Å². The number of hydrogen-bond acceptors (Lipinski definition) is 5. The quantitative estimate of drug-likeness (QED) is 0.652. The lowest BCUT2D eigenvalue weighted by Crippen LogP contribution is -2.60. The number of anilines is 1. The number of nitro benzene ring substituents is 1. The molecular weight excluding hydrogens is 344 g/mol. The third-order valence-corrected chi connectivity index (χ3v) is 5.16. The van der Waals surface area contributed by atoms with Crippen LogP contribution in [-0.4, -0.2) is 47.4 Å². The standard InChI is InChI=1S/C17H24N4O3.ClH/c18-17(8-4-1-5-9-17)16(22)20-12-10-19(11-13-20)14-6-2-3-7-15(14)21(23)24;/h2-3,6-7H,1,4-5,8-13,18H2;1H. The van der Waals surface area contributed by atoms with Crippen LogP contribution < -0.4 is 10.6 Å². The molecule has 2 fully saturated rings. The summed E-state index contributed by atoms with van der Waals surface area (Å²) in [6.07, 6.45) is 4.70. The van der Waals surface area contributed by atoms with Crippen molar-refractivity contribution >= 4 is 29.7 Å². The average Bonchev–Trinajstić information content (AvgIpc) is 2.62. The van der Waals surface area contributed by atoms with Gasteiger partial charge in [0.25, 0.3) is 5.69 Å². The second-order valence-electron chi connectivity index (χ2n) is 6.74. The van der Waals surface area contributed by atoms with E-state index in [1.54, 1.807) is 18.2 Å². The topological polar surface area (TPSA) is 92.7 Å². The summed E-state index contributed by atoms with van der Waals surface area (Å²) < 4.78 is 0. The molecule has 1 aliphatic carbocycles. The van der Waals surface area contributed by atoms with Gasteiger partial charge in [-0.25, -0.2) is 0 Å². The molecule has 1 amide bonds. The molecule has 1 aliphatic heterocycles. The molecule has 2 N–H and O–H groups in total. The Bertz CT molecular complexity index is 626. The lowest BCUT2D eigenvalue weighted by Gasteiger charge is -2.41. The van der Waals surface area contributed by atoms with E-state index in [4.69, 9.17) is 5.73 Å². The van der Waals surface area contributed by atoms with Crippen LogP contribution in [0.5, 0.6) is 0 Å². The molecular formula is C17H25ClN4O3. The fourth-order valence-electron chi connectivity index (χ4n) is 3.75. The molecule has 0 bridgehead atoms. The van der Waals surface area contributed by atoms with Gasteiger partial charge in [0, 0.05) is 32.2 Å². The van der Waals surface area contributed by atoms with Crippen LogP contribution in [0.25, 0.3) is 0 Å². The third-order valence-electron chi connectivity index (χ3n) is 5.16. The molecule has 7 nitrogen and oxygen atoms in total. The van der Waals surface area contributed by atoms with E-state index in [0.717, 1.165) is 32.1 Å². The van der Waals surface area contributed by atoms with Gasteiger partial charge in [-0.1, -0.05) is 31.4 Å². The summed E-state index contributed by atoms with van der Waals surface area (Å²) in [5.74, 6) is 0.0458. The Labute approximate surface area is 153 Å². The van der Waals surface area contributed by atoms with E-state index in [2.05, 4.69) is 0 Å². The van der Waals surface area contributed by atoms with Crippen molar-refractivity contribution in [2.45, 2.75) is 37.6 Å². The van der Waals surface area contributed by atoms with Gasteiger partial charge in [0.1, 0.15) is 5.69 Å². The summed E-state index contributed by atoms with van der Waals surface area (Å²) in [5, 5.41) is 11.2. The predicted octanol–water partition coefficient (Wildman–Crippen LogP) is 2.33. The highest BCUT2D eigenvalue weighted by atomic mass is 35.5.